The third kappa shape index (κ3) is 5.74. The summed E-state index contributed by atoms with van der Waals surface area (Å²) < 4.78 is 24.8. The molecule has 122 valence electrons. The second-order valence-electron chi connectivity index (χ2n) is 4.92. The van der Waals surface area contributed by atoms with Gasteiger partial charge >= 0.3 is 0 Å². The number of hydrogen-bond donors (Lipinski definition) is 2. The van der Waals surface area contributed by atoms with Gasteiger partial charge in [-0.05, 0) is 35.9 Å². The summed E-state index contributed by atoms with van der Waals surface area (Å²) in [4.78, 5) is 12.1. The number of carbonyl (C=O) groups is 1. The summed E-state index contributed by atoms with van der Waals surface area (Å²) in [5.41, 5.74) is 1.50. The predicted octanol–water partition coefficient (Wildman–Crippen LogP) is 3.55. The van der Waals surface area contributed by atoms with Crippen molar-refractivity contribution in [1.29, 1.82) is 0 Å². The van der Waals surface area contributed by atoms with E-state index < -0.39 is 10.0 Å². The Bertz CT molecular complexity index is 838. The SMILES string of the molecule is CS(=O)(=O)Nc1cccc(NC(=O)Cc2ccc(Cl)cc2Cl)c1. The number of hydrogen-bond acceptors (Lipinski definition) is 3. The molecule has 23 heavy (non-hydrogen) atoms. The van der Waals surface area contributed by atoms with Crippen molar-refractivity contribution in [3.63, 3.8) is 0 Å². The zero-order valence-corrected chi connectivity index (χ0v) is 14.5. The fraction of sp³-hybridized carbons (Fsp3) is 0.133. The smallest absolute Gasteiger partial charge is 0.229 e. The van der Waals surface area contributed by atoms with E-state index in [1.807, 2.05) is 0 Å². The molecular formula is C15H14Cl2N2O3S. The molecule has 2 rings (SSSR count). The van der Waals surface area contributed by atoms with E-state index in [4.69, 9.17) is 23.2 Å². The van der Waals surface area contributed by atoms with Crippen molar-refractivity contribution < 1.29 is 13.2 Å². The molecular weight excluding hydrogens is 359 g/mol. The molecule has 5 nitrogen and oxygen atoms in total. The highest BCUT2D eigenvalue weighted by molar-refractivity contribution is 7.92. The quantitative estimate of drug-likeness (QED) is 0.842. The standard InChI is InChI=1S/C15H14Cl2N2O3S/c1-23(21,22)19-13-4-2-3-12(9-13)18-15(20)7-10-5-6-11(16)8-14(10)17/h2-6,8-9,19H,7H2,1H3,(H,18,20). The number of benzene rings is 2. The lowest BCUT2D eigenvalue weighted by Crippen LogP contribution is -2.15. The van der Waals surface area contributed by atoms with Gasteiger partial charge in [0, 0.05) is 15.7 Å². The number of sulfonamides is 1. The largest absolute Gasteiger partial charge is 0.326 e. The Balaban J connectivity index is 2.07. The lowest BCUT2D eigenvalue weighted by molar-refractivity contribution is -0.115. The molecule has 0 unspecified atom stereocenters. The van der Waals surface area contributed by atoms with Crippen LogP contribution in [0.15, 0.2) is 42.5 Å². The van der Waals surface area contributed by atoms with E-state index in [1.54, 1.807) is 36.4 Å². The second-order valence-corrected chi connectivity index (χ2v) is 7.51. The molecule has 0 saturated heterocycles. The predicted molar refractivity (Wildman–Crippen MR) is 93.7 cm³/mol. The van der Waals surface area contributed by atoms with E-state index >= 15 is 0 Å². The Morgan fingerprint density at radius 2 is 1.78 bits per heavy atom. The molecule has 0 aliphatic rings. The summed E-state index contributed by atoms with van der Waals surface area (Å²) in [6.45, 7) is 0. The zero-order valence-electron chi connectivity index (χ0n) is 12.1. The van der Waals surface area contributed by atoms with E-state index in [0.29, 0.717) is 27.0 Å². The van der Waals surface area contributed by atoms with Crippen molar-refractivity contribution in [2.24, 2.45) is 0 Å². The maximum Gasteiger partial charge on any atom is 0.229 e. The first-order valence-electron chi connectivity index (χ1n) is 6.54. The van der Waals surface area contributed by atoms with Crippen LogP contribution in [0.25, 0.3) is 0 Å². The first-order valence-corrected chi connectivity index (χ1v) is 9.19. The summed E-state index contributed by atoms with van der Waals surface area (Å²) in [7, 11) is -3.37. The van der Waals surface area contributed by atoms with Gasteiger partial charge in [-0.25, -0.2) is 8.42 Å². The molecule has 0 aliphatic heterocycles. The van der Waals surface area contributed by atoms with E-state index in [-0.39, 0.29) is 12.3 Å². The van der Waals surface area contributed by atoms with Gasteiger partial charge in [-0.15, -0.1) is 0 Å². The van der Waals surface area contributed by atoms with E-state index in [1.165, 1.54) is 6.07 Å². The number of carbonyl (C=O) groups excluding carboxylic acids is 1. The molecule has 2 aromatic carbocycles. The van der Waals surface area contributed by atoms with Crippen LogP contribution in [0.2, 0.25) is 10.0 Å². The van der Waals surface area contributed by atoms with Gasteiger partial charge in [0.2, 0.25) is 15.9 Å². The first-order chi connectivity index (χ1) is 10.7. The lowest BCUT2D eigenvalue weighted by Gasteiger charge is -2.09. The van der Waals surface area contributed by atoms with Crippen LogP contribution in [0.3, 0.4) is 0 Å². The molecule has 0 aliphatic carbocycles. The van der Waals surface area contributed by atoms with Gasteiger partial charge < -0.3 is 5.32 Å². The fourth-order valence-corrected chi connectivity index (χ4v) is 2.95. The average molecular weight is 373 g/mol. The normalized spacial score (nSPS) is 11.1. The van der Waals surface area contributed by atoms with Crippen molar-refractivity contribution in [2.45, 2.75) is 6.42 Å². The molecule has 2 N–H and O–H groups in total. The number of halogens is 2. The maximum atomic E-state index is 12.1. The summed E-state index contributed by atoms with van der Waals surface area (Å²) in [5, 5.41) is 3.61. The van der Waals surface area contributed by atoms with E-state index in [9.17, 15) is 13.2 Å². The van der Waals surface area contributed by atoms with Crippen LogP contribution in [-0.2, 0) is 21.2 Å². The van der Waals surface area contributed by atoms with Crippen molar-refractivity contribution in [3.05, 3.63) is 58.1 Å². The van der Waals surface area contributed by atoms with Crippen molar-refractivity contribution in [2.75, 3.05) is 16.3 Å². The fourth-order valence-electron chi connectivity index (χ4n) is 1.92. The van der Waals surface area contributed by atoms with Crippen LogP contribution in [-0.4, -0.2) is 20.6 Å². The third-order valence-electron chi connectivity index (χ3n) is 2.82. The average Bonchev–Trinajstić information content (AvgIpc) is 2.40. The summed E-state index contributed by atoms with van der Waals surface area (Å²) in [5.74, 6) is -0.272. The second kappa shape index (κ2) is 7.21. The highest BCUT2D eigenvalue weighted by Gasteiger charge is 2.09. The Kier molecular flexibility index (Phi) is 5.51. The third-order valence-corrected chi connectivity index (χ3v) is 4.01. The Morgan fingerprint density at radius 3 is 2.43 bits per heavy atom. The molecule has 0 bridgehead atoms. The van der Waals surface area contributed by atoms with E-state index in [0.717, 1.165) is 6.26 Å². The summed E-state index contributed by atoms with van der Waals surface area (Å²) >= 11 is 11.8. The van der Waals surface area contributed by atoms with E-state index in [2.05, 4.69) is 10.0 Å². The highest BCUT2D eigenvalue weighted by Crippen LogP contribution is 2.22. The maximum absolute atomic E-state index is 12.1. The number of anilines is 2. The van der Waals surface area contributed by atoms with Gasteiger partial charge in [0.1, 0.15) is 0 Å². The number of amides is 1. The first kappa shape index (κ1) is 17.6. The van der Waals surface area contributed by atoms with Gasteiger partial charge in [0.05, 0.1) is 18.4 Å². The molecule has 0 saturated carbocycles. The molecule has 2 aromatic rings. The number of nitrogens with one attached hydrogen (secondary N) is 2. The van der Waals surface area contributed by atoms with Crippen LogP contribution in [0.4, 0.5) is 11.4 Å². The lowest BCUT2D eigenvalue weighted by atomic mass is 10.1. The minimum absolute atomic E-state index is 0.0831. The summed E-state index contributed by atoms with van der Waals surface area (Å²) in [6.07, 6.45) is 1.14. The van der Waals surface area contributed by atoms with Crippen molar-refractivity contribution in [1.82, 2.24) is 0 Å². The van der Waals surface area contributed by atoms with Gasteiger partial charge in [0.25, 0.3) is 0 Å². The highest BCUT2D eigenvalue weighted by atomic mass is 35.5. The topological polar surface area (TPSA) is 75.3 Å². The van der Waals surface area contributed by atoms with Gasteiger partial charge in [-0.3, -0.25) is 9.52 Å². The van der Waals surface area contributed by atoms with Crippen LogP contribution in [0, 0.1) is 0 Å². The van der Waals surface area contributed by atoms with Crippen molar-refractivity contribution >= 4 is 50.5 Å². The molecule has 0 heterocycles. The number of rotatable bonds is 5. The molecule has 0 fully saturated rings. The minimum Gasteiger partial charge on any atom is -0.326 e. The Hall–Kier alpha value is -1.76. The van der Waals surface area contributed by atoms with Crippen LogP contribution >= 0.6 is 23.2 Å². The van der Waals surface area contributed by atoms with Crippen molar-refractivity contribution in [3.8, 4) is 0 Å². The molecule has 1 amide bonds. The molecule has 0 spiro atoms. The molecule has 0 radical (unpaired) electrons. The van der Waals surface area contributed by atoms with Crippen LogP contribution < -0.4 is 10.0 Å². The zero-order chi connectivity index (χ0) is 17.0. The van der Waals surface area contributed by atoms with Gasteiger partial charge in [0.15, 0.2) is 0 Å². The Morgan fingerprint density at radius 1 is 1.09 bits per heavy atom. The molecule has 0 aromatic heterocycles. The molecule has 0 atom stereocenters. The van der Waals surface area contributed by atoms with Crippen LogP contribution in [0.1, 0.15) is 5.56 Å². The van der Waals surface area contributed by atoms with Gasteiger partial charge in [-0.1, -0.05) is 35.3 Å². The monoisotopic (exact) mass is 372 g/mol. The summed E-state index contributed by atoms with van der Waals surface area (Å²) in [6, 6.07) is 11.3. The minimum atomic E-state index is -3.37. The Labute approximate surface area is 144 Å². The van der Waals surface area contributed by atoms with Gasteiger partial charge in [-0.2, -0.15) is 0 Å². The van der Waals surface area contributed by atoms with Crippen LogP contribution in [0.5, 0.6) is 0 Å². The molecule has 8 heteroatoms.